The van der Waals surface area contributed by atoms with Gasteiger partial charge in [-0.2, -0.15) is 5.10 Å². The topological polar surface area (TPSA) is 95.4 Å². The Morgan fingerprint density at radius 2 is 2.35 bits per heavy atom. The van der Waals surface area contributed by atoms with Crippen LogP contribution in [0.25, 0.3) is 5.65 Å². The lowest BCUT2D eigenvalue weighted by atomic mass is 10.6. The highest BCUT2D eigenvalue weighted by molar-refractivity contribution is 7.99. The van der Waals surface area contributed by atoms with Crippen LogP contribution >= 0.6 is 11.8 Å². The molecule has 3 aromatic rings. The van der Waals surface area contributed by atoms with Crippen molar-refractivity contribution >= 4 is 23.4 Å². The number of ether oxygens (including phenoxy) is 1. The van der Waals surface area contributed by atoms with E-state index in [1.165, 1.54) is 0 Å². The van der Waals surface area contributed by atoms with E-state index in [1.807, 2.05) is 0 Å². The SMILES string of the molecule is CCOC(=O)c1nnc(Sc2ccn3nccc3n2)o1. The molecule has 102 valence electrons. The van der Waals surface area contributed by atoms with E-state index in [0.29, 0.717) is 10.7 Å². The number of hydrogen-bond donors (Lipinski definition) is 0. The minimum Gasteiger partial charge on any atom is -0.459 e. The van der Waals surface area contributed by atoms with E-state index in [4.69, 9.17) is 9.15 Å². The van der Waals surface area contributed by atoms with Crippen LogP contribution in [-0.4, -0.2) is 37.4 Å². The maximum atomic E-state index is 11.4. The third-order valence-electron chi connectivity index (χ3n) is 2.28. The molecule has 0 aliphatic carbocycles. The van der Waals surface area contributed by atoms with E-state index in [-0.39, 0.29) is 17.7 Å². The Bertz CT molecular complexity index is 753. The van der Waals surface area contributed by atoms with Crippen LogP contribution in [-0.2, 0) is 4.74 Å². The summed E-state index contributed by atoms with van der Waals surface area (Å²) in [7, 11) is 0. The number of fused-ring (bicyclic) bond motifs is 1. The van der Waals surface area contributed by atoms with E-state index in [1.54, 1.807) is 36.0 Å². The Balaban J connectivity index is 1.78. The molecule has 0 atom stereocenters. The van der Waals surface area contributed by atoms with Crippen molar-refractivity contribution in [2.75, 3.05) is 6.61 Å². The molecule has 9 heteroatoms. The van der Waals surface area contributed by atoms with Gasteiger partial charge in [-0.15, -0.1) is 5.10 Å². The lowest BCUT2D eigenvalue weighted by Gasteiger charge is -1.97. The number of aromatic nitrogens is 5. The molecule has 0 amide bonds. The quantitative estimate of drug-likeness (QED) is 0.526. The fourth-order valence-electron chi connectivity index (χ4n) is 1.47. The standard InChI is InChI=1S/C11H9N5O3S/c1-2-18-10(17)9-14-15-11(19-9)20-8-4-6-16-7(13-8)3-5-12-16/h3-6H,2H2,1H3. The summed E-state index contributed by atoms with van der Waals surface area (Å²) in [6.45, 7) is 1.96. The molecule has 0 bridgehead atoms. The van der Waals surface area contributed by atoms with Crippen molar-refractivity contribution in [1.29, 1.82) is 0 Å². The Morgan fingerprint density at radius 3 is 3.20 bits per heavy atom. The van der Waals surface area contributed by atoms with Gasteiger partial charge in [0.25, 0.3) is 5.22 Å². The van der Waals surface area contributed by atoms with E-state index < -0.39 is 5.97 Å². The van der Waals surface area contributed by atoms with Crippen LogP contribution in [0, 0.1) is 0 Å². The molecular formula is C11H9N5O3S. The molecule has 0 aliphatic rings. The summed E-state index contributed by atoms with van der Waals surface area (Å²) in [5.41, 5.74) is 0.708. The van der Waals surface area contributed by atoms with E-state index in [9.17, 15) is 4.79 Å². The molecule has 3 heterocycles. The summed E-state index contributed by atoms with van der Waals surface area (Å²) in [6.07, 6.45) is 3.43. The van der Waals surface area contributed by atoms with Crippen LogP contribution in [0.15, 0.2) is 39.2 Å². The number of carbonyl (C=O) groups is 1. The highest BCUT2D eigenvalue weighted by Crippen LogP contribution is 2.24. The van der Waals surface area contributed by atoms with E-state index in [2.05, 4.69) is 20.3 Å². The van der Waals surface area contributed by atoms with Crippen molar-refractivity contribution in [3.63, 3.8) is 0 Å². The second kappa shape index (κ2) is 5.29. The van der Waals surface area contributed by atoms with Crippen LogP contribution < -0.4 is 0 Å². The molecule has 0 saturated carbocycles. The first-order valence-corrected chi connectivity index (χ1v) is 6.57. The van der Waals surface area contributed by atoms with E-state index >= 15 is 0 Å². The summed E-state index contributed by atoms with van der Waals surface area (Å²) in [6, 6.07) is 3.54. The van der Waals surface area contributed by atoms with Crippen LogP contribution in [0.2, 0.25) is 0 Å². The normalized spacial score (nSPS) is 10.8. The number of hydrogen-bond acceptors (Lipinski definition) is 8. The maximum absolute atomic E-state index is 11.4. The Morgan fingerprint density at radius 1 is 1.45 bits per heavy atom. The summed E-state index contributed by atoms with van der Waals surface area (Å²) < 4.78 is 11.6. The average molecular weight is 291 g/mol. The zero-order chi connectivity index (χ0) is 13.9. The number of esters is 1. The van der Waals surface area contributed by atoms with Gasteiger partial charge in [-0.3, -0.25) is 0 Å². The lowest BCUT2D eigenvalue weighted by Crippen LogP contribution is -2.04. The van der Waals surface area contributed by atoms with Crippen molar-refractivity contribution < 1.29 is 13.9 Å². The van der Waals surface area contributed by atoms with Gasteiger partial charge >= 0.3 is 11.9 Å². The van der Waals surface area contributed by atoms with Crippen LogP contribution in [0.3, 0.4) is 0 Å². The maximum Gasteiger partial charge on any atom is 0.396 e. The summed E-state index contributed by atoms with van der Waals surface area (Å²) in [4.78, 5) is 15.7. The van der Waals surface area contributed by atoms with Gasteiger partial charge in [0.2, 0.25) is 0 Å². The molecule has 8 nitrogen and oxygen atoms in total. The molecule has 0 saturated heterocycles. The van der Waals surface area contributed by atoms with Crippen molar-refractivity contribution in [2.45, 2.75) is 17.2 Å². The molecule has 0 N–H and O–H groups in total. The predicted molar refractivity (Wildman–Crippen MR) is 67.4 cm³/mol. The Hall–Kier alpha value is -2.42. The molecule has 3 rings (SSSR count). The predicted octanol–water partition coefficient (Wildman–Crippen LogP) is 1.44. The third kappa shape index (κ3) is 2.48. The van der Waals surface area contributed by atoms with Crippen molar-refractivity contribution in [3.8, 4) is 0 Å². The molecule has 0 spiro atoms. The minimum absolute atomic E-state index is 0.167. The van der Waals surface area contributed by atoms with E-state index in [0.717, 1.165) is 11.8 Å². The van der Waals surface area contributed by atoms with Crippen LogP contribution in [0.4, 0.5) is 0 Å². The number of nitrogens with zero attached hydrogens (tertiary/aromatic N) is 5. The minimum atomic E-state index is -0.633. The second-order valence-electron chi connectivity index (χ2n) is 3.60. The molecule has 0 aliphatic heterocycles. The largest absolute Gasteiger partial charge is 0.459 e. The molecule has 3 aromatic heterocycles. The second-order valence-corrected chi connectivity index (χ2v) is 4.57. The molecule has 0 radical (unpaired) electrons. The van der Waals surface area contributed by atoms with Crippen LogP contribution in [0.1, 0.15) is 17.6 Å². The zero-order valence-electron chi connectivity index (χ0n) is 10.4. The fourth-order valence-corrected chi connectivity index (χ4v) is 2.12. The third-order valence-corrected chi connectivity index (χ3v) is 3.06. The Kier molecular flexibility index (Phi) is 3.33. The zero-order valence-corrected chi connectivity index (χ0v) is 11.2. The van der Waals surface area contributed by atoms with Gasteiger partial charge in [-0.1, -0.05) is 5.10 Å². The van der Waals surface area contributed by atoms with Gasteiger partial charge in [0, 0.05) is 12.3 Å². The summed E-state index contributed by atoms with van der Waals surface area (Å²) in [5.74, 6) is -0.800. The monoisotopic (exact) mass is 291 g/mol. The van der Waals surface area contributed by atoms with Gasteiger partial charge in [0.05, 0.1) is 12.8 Å². The molecule has 20 heavy (non-hydrogen) atoms. The highest BCUT2D eigenvalue weighted by Gasteiger charge is 2.16. The van der Waals surface area contributed by atoms with Gasteiger partial charge in [0.1, 0.15) is 5.03 Å². The first-order chi connectivity index (χ1) is 9.76. The van der Waals surface area contributed by atoms with Crippen molar-refractivity contribution in [2.24, 2.45) is 0 Å². The van der Waals surface area contributed by atoms with Gasteiger partial charge in [-0.05, 0) is 24.8 Å². The Labute approximate surface area is 117 Å². The van der Waals surface area contributed by atoms with Crippen molar-refractivity contribution in [3.05, 3.63) is 30.4 Å². The molecular weight excluding hydrogens is 282 g/mol. The summed E-state index contributed by atoms with van der Waals surface area (Å²) in [5, 5.41) is 12.3. The van der Waals surface area contributed by atoms with Gasteiger partial charge in [-0.25, -0.2) is 14.3 Å². The first-order valence-electron chi connectivity index (χ1n) is 5.75. The molecule has 0 unspecified atom stereocenters. The van der Waals surface area contributed by atoms with Gasteiger partial charge in [0.15, 0.2) is 5.65 Å². The summed E-state index contributed by atoms with van der Waals surface area (Å²) >= 11 is 1.16. The van der Waals surface area contributed by atoms with Gasteiger partial charge < -0.3 is 9.15 Å². The average Bonchev–Trinajstić information content (AvgIpc) is 3.07. The van der Waals surface area contributed by atoms with Crippen LogP contribution in [0.5, 0.6) is 0 Å². The molecule has 0 fully saturated rings. The fraction of sp³-hybridized carbons (Fsp3) is 0.182. The highest BCUT2D eigenvalue weighted by atomic mass is 32.2. The number of rotatable bonds is 4. The molecule has 0 aromatic carbocycles. The van der Waals surface area contributed by atoms with Crippen molar-refractivity contribution in [1.82, 2.24) is 24.8 Å². The lowest BCUT2D eigenvalue weighted by molar-refractivity contribution is 0.0475. The first kappa shape index (κ1) is 12.6. The number of carbonyl (C=O) groups excluding carboxylic acids is 1. The smallest absolute Gasteiger partial charge is 0.396 e.